The summed E-state index contributed by atoms with van der Waals surface area (Å²) in [4.78, 5) is 36.6. The van der Waals surface area contributed by atoms with Crippen molar-refractivity contribution in [2.24, 2.45) is 0 Å². The van der Waals surface area contributed by atoms with E-state index in [1.54, 1.807) is 19.2 Å². The minimum atomic E-state index is -0.672. The smallest absolute Gasteiger partial charge is 0.358 e. The van der Waals surface area contributed by atoms with Crippen molar-refractivity contribution in [3.05, 3.63) is 58.4 Å². The van der Waals surface area contributed by atoms with Crippen LogP contribution in [0.4, 0.5) is 0 Å². The first kappa shape index (κ1) is 17.0. The number of Topliss-reactive ketones (excluding diaryl/α,β-unsaturated/α-hetero) is 1. The van der Waals surface area contributed by atoms with Gasteiger partial charge in [-0.25, -0.2) is 14.8 Å². The van der Waals surface area contributed by atoms with Crippen LogP contribution in [0.1, 0.15) is 37.9 Å². The van der Waals surface area contributed by atoms with Crippen molar-refractivity contribution in [2.75, 3.05) is 6.61 Å². The van der Waals surface area contributed by atoms with E-state index in [4.69, 9.17) is 4.74 Å². The van der Waals surface area contributed by atoms with Crippen LogP contribution in [0.25, 0.3) is 5.13 Å². The van der Waals surface area contributed by atoms with Gasteiger partial charge in [-0.15, -0.1) is 11.3 Å². The van der Waals surface area contributed by atoms with Crippen LogP contribution in [0.15, 0.2) is 30.0 Å². The van der Waals surface area contributed by atoms with Gasteiger partial charge in [0.25, 0.3) is 0 Å². The first-order valence-corrected chi connectivity index (χ1v) is 8.43. The molecule has 7 nitrogen and oxygen atoms in total. The molecular formula is C17H16N4O3S. The molecule has 128 valence electrons. The average molecular weight is 356 g/mol. The maximum Gasteiger partial charge on any atom is 0.358 e. The van der Waals surface area contributed by atoms with E-state index >= 15 is 0 Å². The topological polar surface area (TPSA) is 87.0 Å². The van der Waals surface area contributed by atoms with Gasteiger partial charge in [-0.2, -0.15) is 0 Å². The van der Waals surface area contributed by atoms with Crippen molar-refractivity contribution >= 4 is 23.1 Å². The van der Waals surface area contributed by atoms with Crippen molar-refractivity contribution in [3.63, 3.8) is 0 Å². The zero-order valence-electron chi connectivity index (χ0n) is 14.0. The van der Waals surface area contributed by atoms with Crippen LogP contribution < -0.4 is 0 Å². The zero-order valence-corrected chi connectivity index (χ0v) is 14.8. The maximum atomic E-state index is 12.4. The monoisotopic (exact) mass is 356 g/mol. The number of hydrogen-bond donors (Lipinski definition) is 0. The molecule has 0 aliphatic heterocycles. The SMILES string of the molecule is Cc1cnc(C(=O)OCC(=O)c2cc(C)n(-c3nccs3)c2C)cn1. The fourth-order valence-electron chi connectivity index (χ4n) is 2.45. The van der Waals surface area contributed by atoms with Crippen molar-refractivity contribution in [3.8, 4) is 5.13 Å². The molecule has 0 N–H and O–H groups in total. The average Bonchev–Trinajstić information content (AvgIpc) is 3.21. The highest BCUT2D eigenvalue weighted by molar-refractivity contribution is 7.12. The zero-order chi connectivity index (χ0) is 18.0. The van der Waals surface area contributed by atoms with Crippen molar-refractivity contribution in [1.29, 1.82) is 0 Å². The summed E-state index contributed by atoms with van der Waals surface area (Å²) in [5.74, 6) is -0.945. The van der Waals surface area contributed by atoms with Crippen molar-refractivity contribution < 1.29 is 14.3 Å². The summed E-state index contributed by atoms with van der Waals surface area (Å²) in [5.41, 5.74) is 2.94. The van der Waals surface area contributed by atoms with Gasteiger partial charge in [0, 0.05) is 34.7 Å². The third kappa shape index (κ3) is 3.48. The van der Waals surface area contributed by atoms with E-state index in [-0.39, 0.29) is 18.1 Å². The molecule has 3 heterocycles. The molecule has 0 fully saturated rings. The standard InChI is InChI=1S/C17H16N4O3S/c1-10-7-20-14(8-19-10)16(23)24-9-15(22)13-6-11(2)21(12(13)3)17-18-4-5-25-17/h4-8H,9H2,1-3H3. The number of aromatic nitrogens is 4. The lowest BCUT2D eigenvalue weighted by Gasteiger charge is -2.06. The van der Waals surface area contributed by atoms with Crippen molar-refractivity contribution in [2.45, 2.75) is 20.8 Å². The molecule has 0 atom stereocenters. The number of ketones is 1. The fourth-order valence-corrected chi connectivity index (χ4v) is 3.20. The first-order valence-electron chi connectivity index (χ1n) is 7.55. The van der Waals surface area contributed by atoms with E-state index in [2.05, 4.69) is 15.0 Å². The Balaban J connectivity index is 1.73. The van der Waals surface area contributed by atoms with Gasteiger partial charge in [0.2, 0.25) is 5.78 Å². The molecule has 8 heteroatoms. The molecule has 25 heavy (non-hydrogen) atoms. The van der Waals surface area contributed by atoms with E-state index in [0.717, 1.165) is 16.5 Å². The van der Waals surface area contributed by atoms with Crippen LogP contribution in [-0.4, -0.2) is 37.9 Å². The number of esters is 1. The molecule has 0 saturated carbocycles. The molecule has 0 amide bonds. The molecular weight excluding hydrogens is 340 g/mol. The third-order valence-electron chi connectivity index (χ3n) is 3.67. The molecule has 3 aromatic heterocycles. The molecule has 0 aliphatic rings. The number of ether oxygens (including phenoxy) is 1. The van der Waals surface area contributed by atoms with Gasteiger partial charge in [0.15, 0.2) is 17.4 Å². The molecule has 0 radical (unpaired) electrons. The predicted octanol–water partition coefficient (Wildman–Crippen LogP) is 2.69. The minimum Gasteiger partial charge on any atom is -0.453 e. The highest BCUT2D eigenvalue weighted by atomic mass is 32.1. The van der Waals surface area contributed by atoms with Gasteiger partial charge in [-0.1, -0.05) is 0 Å². The van der Waals surface area contributed by atoms with Crippen LogP contribution >= 0.6 is 11.3 Å². The Kier molecular flexibility index (Phi) is 4.71. The molecule has 0 unspecified atom stereocenters. The number of hydrogen-bond acceptors (Lipinski definition) is 7. The molecule has 0 aromatic carbocycles. The number of aryl methyl sites for hydroxylation is 2. The summed E-state index contributed by atoms with van der Waals surface area (Å²) in [7, 11) is 0. The minimum absolute atomic E-state index is 0.0756. The van der Waals surface area contributed by atoms with Gasteiger partial charge >= 0.3 is 5.97 Å². The number of nitrogens with zero attached hydrogens (tertiary/aromatic N) is 4. The van der Waals surface area contributed by atoms with Crippen LogP contribution in [0.2, 0.25) is 0 Å². The summed E-state index contributed by atoms with van der Waals surface area (Å²) in [6, 6.07) is 1.78. The number of rotatable bonds is 5. The Morgan fingerprint density at radius 1 is 1.16 bits per heavy atom. The quantitative estimate of drug-likeness (QED) is 0.516. The lowest BCUT2D eigenvalue weighted by Crippen LogP contribution is -2.16. The Bertz CT molecular complexity index is 914. The number of carbonyl (C=O) groups excluding carboxylic acids is 2. The summed E-state index contributed by atoms with van der Waals surface area (Å²) in [6.45, 7) is 5.16. The summed E-state index contributed by atoms with van der Waals surface area (Å²) in [6.07, 6.45) is 4.52. The molecule has 0 bridgehead atoms. The molecule has 3 aromatic rings. The van der Waals surface area contributed by atoms with E-state index < -0.39 is 5.97 Å². The number of carbonyl (C=O) groups is 2. The van der Waals surface area contributed by atoms with Gasteiger partial charge < -0.3 is 4.74 Å². The Morgan fingerprint density at radius 2 is 1.96 bits per heavy atom. The first-order chi connectivity index (χ1) is 12.0. The van der Waals surface area contributed by atoms with Gasteiger partial charge in [-0.3, -0.25) is 14.3 Å². The summed E-state index contributed by atoms with van der Waals surface area (Å²) >= 11 is 1.49. The fraction of sp³-hybridized carbons (Fsp3) is 0.235. The Morgan fingerprint density at radius 3 is 2.60 bits per heavy atom. The van der Waals surface area contributed by atoms with Crippen LogP contribution in [0, 0.1) is 20.8 Å². The summed E-state index contributed by atoms with van der Waals surface area (Å²) in [5, 5.41) is 2.67. The van der Waals surface area contributed by atoms with E-state index in [1.807, 2.05) is 23.8 Å². The second-order valence-electron chi connectivity index (χ2n) is 5.48. The van der Waals surface area contributed by atoms with E-state index in [1.165, 1.54) is 23.7 Å². The van der Waals surface area contributed by atoms with E-state index in [0.29, 0.717) is 11.3 Å². The van der Waals surface area contributed by atoms with Gasteiger partial charge in [0.1, 0.15) is 0 Å². The molecule has 0 aliphatic carbocycles. The van der Waals surface area contributed by atoms with Gasteiger partial charge in [0.05, 0.1) is 11.9 Å². The predicted molar refractivity (Wildman–Crippen MR) is 92.3 cm³/mol. The molecule has 0 saturated heterocycles. The van der Waals surface area contributed by atoms with Gasteiger partial charge in [-0.05, 0) is 26.8 Å². The van der Waals surface area contributed by atoms with E-state index in [9.17, 15) is 9.59 Å². The summed E-state index contributed by atoms with van der Waals surface area (Å²) < 4.78 is 6.97. The second-order valence-corrected chi connectivity index (χ2v) is 6.35. The second kappa shape index (κ2) is 6.94. The molecule has 3 rings (SSSR count). The highest BCUT2D eigenvalue weighted by Gasteiger charge is 2.19. The third-order valence-corrected chi connectivity index (χ3v) is 4.42. The normalized spacial score (nSPS) is 10.7. The molecule has 0 spiro atoms. The maximum absolute atomic E-state index is 12.4. The largest absolute Gasteiger partial charge is 0.453 e. The lowest BCUT2D eigenvalue weighted by atomic mass is 10.1. The van der Waals surface area contributed by atoms with Crippen LogP contribution in [0.3, 0.4) is 0 Å². The number of thiazole rings is 1. The van der Waals surface area contributed by atoms with Crippen LogP contribution in [0.5, 0.6) is 0 Å². The van der Waals surface area contributed by atoms with Crippen LogP contribution in [-0.2, 0) is 4.74 Å². The lowest BCUT2D eigenvalue weighted by molar-refractivity contribution is 0.0468. The highest BCUT2D eigenvalue weighted by Crippen LogP contribution is 2.22. The Hall–Kier alpha value is -2.87. The Labute approximate surface area is 148 Å². The van der Waals surface area contributed by atoms with Crippen molar-refractivity contribution in [1.82, 2.24) is 19.5 Å².